The summed E-state index contributed by atoms with van der Waals surface area (Å²) >= 11 is 0. The zero-order valence-electron chi connectivity index (χ0n) is 19.3. The van der Waals surface area contributed by atoms with Crippen LogP contribution in [0.5, 0.6) is 0 Å². The normalized spacial score (nSPS) is 34.2. The van der Waals surface area contributed by atoms with Crippen molar-refractivity contribution in [3.63, 3.8) is 0 Å². The van der Waals surface area contributed by atoms with Crippen molar-refractivity contribution in [2.24, 2.45) is 34.5 Å². The Morgan fingerprint density at radius 1 is 1.28 bits per heavy atom. The van der Waals surface area contributed by atoms with E-state index in [1.807, 2.05) is 20.8 Å². The number of allylic oxidation sites excluding steroid dienone is 1. The molecule has 0 aromatic carbocycles. The molecule has 0 aromatic heterocycles. The smallest absolute Gasteiger partial charge is 0.308 e. The van der Waals surface area contributed by atoms with E-state index in [9.17, 15) is 9.59 Å². The Hall–Kier alpha value is -1.32. The lowest BCUT2D eigenvalue weighted by molar-refractivity contribution is -0.159. The third-order valence-corrected chi connectivity index (χ3v) is 8.17. The van der Waals surface area contributed by atoms with Crippen molar-refractivity contribution < 1.29 is 19.4 Å². The van der Waals surface area contributed by atoms with Crippen LogP contribution in [0.4, 0.5) is 0 Å². The van der Waals surface area contributed by atoms with Crippen molar-refractivity contribution in [1.82, 2.24) is 0 Å². The van der Waals surface area contributed by atoms with Gasteiger partial charge in [0.25, 0.3) is 0 Å². The zero-order chi connectivity index (χ0) is 21.8. The van der Waals surface area contributed by atoms with Gasteiger partial charge in [-0.05, 0) is 68.1 Å². The molecule has 0 amide bonds. The number of hydrogen-bond acceptors (Lipinski definition) is 3. The molecule has 0 spiro atoms. The summed E-state index contributed by atoms with van der Waals surface area (Å²) in [4.78, 5) is 23.3. The number of aliphatic carboxylic acids is 1. The first-order chi connectivity index (χ1) is 13.5. The number of ether oxygens (including phenoxy) is 1. The van der Waals surface area contributed by atoms with Crippen LogP contribution < -0.4 is 0 Å². The van der Waals surface area contributed by atoms with E-state index >= 15 is 0 Å². The number of esters is 1. The first-order valence-corrected chi connectivity index (χ1v) is 11.6. The standard InChI is InChI=1S/C25H42O4/c1-7-18(3)23(28)29-16-24(5)13-8-14-25(6)20(19(4)10-12-21(24)25)11-9-17(2)15-22(26)27/h17-18,20-21H,4,7-16H2,1-3,5-6H3,(H,26,27). The van der Waals surface area contributed by atoms with Crippen LogP contribution >= 0.6 is 0 Å². The van der Waals surface area contributed by atoms with Gasteiger partial charge in [0.15, 0.2) is 0 Å². The fourth-order valence-corrected chi connectivity index (χ4v) is 6.19. The highest BCUT2D eigenvalue weighted by Gasteiger charge is 2.54. The fourth-order valence-electron chi connectivity index (χ4n) is 6.19. The van der Waals surface area contributed by atoms with Crippen molar-refractivity contribution in [1.29, 1.82) is 0 Å². The lowest BCUT2D eigenvalue weighted by Crippen LogP contribution is -2.52. The van der Waals surface area contributed by atoms with E-state index in [1.165, 1.54) is 12.0 Å². The van der Waals surface area contributed by atoms with Crippen LogP contribution in [0, 0.1) is 34.5 Å². The molecule has 2 saturated carbocycles. The van der Waals surface area contributed by atoms with Gasteiger partial charge in [0.1, 0.15) is 0 Å². The highest BCUT2D eigenvalue weighted by Crippen LogP contribution is 2.62. The molecule has 29 heavy (non-hydrogen) atoms. The molecule has 4 nitrogen and oxygen atoms in total. The Morgan fingerprint density at radius 3 is 2.59 bits per heavy atom. The average molecular weight is 407 g/mol. The van der Waals surface area contributed by atoms with Gasteiger partial charge in [0.05, 0.1) is 12.5 Å². The lowest BCUT2D eigenvalue weighted by Gasteiger charge is -2.58. The van der Waals surface area contributed by atoms with Crippen LogP contribution in [0.1, 0.15) is 92.4 Å². The summed E-state index contributed by atoms with van der Waals surface area (Å²) in [6, 6.07) is 0. The molecule has 4 heteroatoms. The van der Waals surface area contributed by atoms with Crippen LogP contribution in [0.2, 0.25) is 0 Å². The van der Waals surface area contributed by atoms with Gasteiger partial charge in [0, 0.05) is 11.8 Å². The minimum atomic E-state index is -0.711. The molecule has 0 heterocycles. The first-order valence-electron chi connectivity index (χ1n) is 11.6. The second kappa shape index (κ2) is 9.66. The van der Waals surface area contributed by atoms with Gasteiger partial charge in [-0.1, -0.05) is 53.2 Å². The van der Waals surface area contributed by atoms with Gasteiger partial charge in [-0.2, -0.15) is 0 Å². The van der Waals surface area contributed by atoms with Gasteiger partial charge >= 0.3 is 11.9 Å². The minimum Gasteiger partial charge on any atom is -0.481 e. The van der Waals surface area contributed by atoms with E-state index in [2.05, 4.69) is 20.4 Å². The summed E-state index contributed by atoms with van der Waals surface area (Å²) in [5.41, 5.74) is 1.52. The number of carboxylic acid groups (broad SMARTS) is 1. The van der Waals surface area contributed by atoms with Crippen molar-refractivity contribution in [2.75, 3.05) is 6.61 Å². The van der Waals surface area contributed by atoms with Gasteiger partial charge in [0.2, 0.25) is 0 Å². The Bertz CT molecular complexity index is 612. The minimum absolute atomic E-state index is 0.0156. The molecule has 0 aromatic rings. The molecular weight excluding hydrogens is 364 g/mol. The van der Waals surface area contributed by atoms with Crippen LogP contribution in [-0.2, 0) is 14.3 Å². The predicted molar refractivity (Wildman–Crippen MR) is 116 cm³/mol. The molecule has 6 unspecified atom stereocenters. The van der Waals surface area contributed by atoms with Gasteiger partial charge < -0.3 is 9.84 Å². The molecule has 166 valence electrons. The number of carbonyl (C=O) groups excluding carboxylic acids is 1. The number of hydrogen-bond donors (Lipinski definition) is 1. The number of rotatable bonds is 9. The third kappa shape index (κ3) is 5.44. The second-order valence-corrected chi connectivity index (χ2v) is 10.5. The molecule has 2 aliphatic rings. The van der Waals surface area contributed by atoms with Gasteiger partial charge in [-0.25, -0.2) is 0 Å². The SMILES string of the molecule is C=C1CCC2C(C)(COC(=O)C(C)CC)CCCC2(C)C1CCC(C)CC(=O)O. The number of fused-ring (bicyclic) bond motifs is 1. The summed E-state index contributed by atoms with van der Waals surface area (Å²) in [7, 11) is 0. The molecule has 0 bridgehead atoms. The summed E-state index contributed by atoms with van der Waals surface area (Å²) < 4.78 is 5.81. The lowest BCUT2D eigenvalue weighted by atomic mass is 9.46. The molecular formula is C25H42O4. The highest BCUT2D eigenvalue weighted by atomic mass is 16.5. The van der Waals surface area contributed by atoms with Crippen molar-refractivity contribution >= 4 is 11.9 Å². The van der Waals surface area contributed by atoms with E-state index in [4.69, 9.17) is 9.84 Å². The maximum Gasteiger partial charge on any atom is 0.308 e. The summed E-state index contributed by atoms with van der Waals surface area (Å²) in [5, 5.41) is 9.08. The number of carboxylic acids is 1. The van der Waals surface area contributed by atoms with E-state index in [0.29, 0.717) is 18.4 Å². The van der Waals surface area contributed by atoms with E-state index in [-0.39, 0.29) is 35.1 Å². The predicted octanol–water partition coefficient (Wildman–Crippen LogP) is 6.25. The quantitative estimate of drug-likeness (QED) is 0.363. The highest BCUT2D eigenvalue weighted by molar-refractivity contribution is 5.71. The maximum absolute atomic E-state index is 12.3. The van der Waals surface area contributed by atoms with E-state index in [1.54, 1.807) is 0 Å². The van der Waals surface area contributed by atoms with Crippen LogP contribution in [0.25, 0.3) is 0 Å². The van der Waals surface area contributed by atoms with E-state index in [0.717, 1.165) is 44.9 Å². The van der Waals surface area contributed by atoms with Crippen molar-refractivity contribution in [3.05, 3.63) is 12.2 Å². The Morgan fingerprint density at radius 2 is 1.97 bits per heavy atom. The summed E-state index contributed by atoms with van der Waals surface area (Å²) in [5.74, 6) is 0.317. The van der Waals surface area contributed by atoms with Gasteiger partial charge in [-0.15, -0.1) is 0 Å². The molecule has 6 atom stereocenters. The van der Waals surface area contributed by atoms with Crippen LogP contribution in [0.15, 0.2) is 12.2 Å². The number of carbonyl (C=O) groups is 2. The first kappa shape index (κ1) is 24.0. The van der Waals surface area contributed by atoms with Crippen molar-refractivity contribution in [2.45, 2.75) is 92.4 Å². The molecule has 2 rings (SSSR count). The Balaban J connectivity index is 2.12. The van der Waals surface area contributed by atoms with Crippen LogP contribution in [0.3, 0.4) is 0 Å². The molecule has 0 aliphatic heterocycles. The maximum atomic E-state index is 12.3. The van der Waals surface area contributed by atoms with Gasteiger partial charge in [-0.3, -0.25) is 9.59 Å². The Labute approximate surface area is 177 Å². The molecule has 1 N–H and O–H groups in total. The molecule has 2 aliphatic carbocycles. The van der Waals surface area contributed by atoms with E-state index < -0.39 is 5.97 Å². The fraction of sp³-hybridized carbons (Fsp3) is 0.840. The zero-order valence-corrected chi connectivity index (χ0v) is 19.3. The van der Waals surface area contributed by atoms with Crippen LogP contribution in [-0.4, -0.2) is 23.7 Å². The third-order valence-electron chi connectivity index (χ3n) is 8.17. The monoisotopic (exact) mass is 406 g/mol. The molecule has 0 saturated heterocycles. The molecule has 0 radical (unpaired) electrons. The Kier molecular flexibility index (Phi) is 7.98. The van der Waals surface area contributed by atoms with Crippen molar-refractivity contribution in [3.8, 4) is 0 Å². The largest absolute Gasteiger partial charge is 0.481 e. The topological polar surface area (TPSA) is 63.6 Å². The average Bonchev–Trinajstić information content (AvgIpc) is 2.64. The summed E-state index contributed by atoms with van der Waals surface area (Å²) in [6.45, 7) is 15.7. The summed E-state index contributed by atoms with van der Waals surface area (Å²) in [6.07, 6.45) is 8.59. The molecule has 2 fully saturated rings. The second-order valence-electron chi connectivity index (χ2n) is 10.5.